The normalized spacial score (nSPS) is 34.1. The number of likely N-dealkylation sites (tertiary alicyclic amines) is 1. The van der Waals surface area contributed by atoms with Crippen molar-refractivity contribution in [1.82, 2.24) is 20.7 Å². The number of hydrogen-bond acceptors (Lipinski definition) is 8. The second-order valence-corrected chi connectivity index (χ2v) is 13.8. The molecule has 37 heavy (non-hydrogen) atoms. The molecule has 6 unspecified atom stereocenters. The van der Waals surface area contributed by atoms with Crippen LogP contribution in [0.5, 0.6) is 0 Å². The Morgan fingerprint density at radius 3 is 2.51 bits per heavy atom. The summed E-state index contributed by atoms with van der Waals surface area (Å²) in [5.74, 6) is 2.03. The Hall–Kier alpha value is -1.78. The molecule has 4 aliphatic heterocycles. The number of piperidine rings is 2. The number of aromatic nitrogens is 1. The minimum absolute atomic E-state index is 0.00689. The molecule has 0 aliphatic carbocycles. The third-order valence-electron chi connectivity index (χ3n) is 9.42. The zero-order chi connectivity index (χ0) is 25.7. The molecular formula is C28H40N4O4S. The van der Waals surface area contributed by atoms with E-state index in [0.717, 1.165) is 56.9 Å². The molecule has 0 bridgehead atoms. The lowest BCUT2D eigenvalue weighted by Gasteiger charge is -2.46. The Bertz CT molecular complexity index is 1180. The smallest absolute Gasteiger partial charge is 0.163 e. The zero-order valence-corrected chi connectivity index (χ0v) is 22.9. The lowest BCUT2D eigenvalue weighted by Crippen LogP contribution is -2.57. The summed E-state index contributed by atoms with van der Waals surface area (Å²) in [6.07, 6.45) is 5.99. The van der Waals surface area contributed by atoms with Gasteiger partial charge in [0.25, 0.3) is 0 Å². The number of benzene rings is 1. The van der Waals surface area contributed by atoms with Gasteiger partial charge < -0.3 is 14.6 Å². The first-order chi connectivity index (χ1) is 17.8. The van der Waals surface area contributed by atoms with Gasteiger partial charge in [-0.25, -0.2) is 8.42 Å². The van der Waals surface area contributed by atoms with Crippen molar-refractivity contribution in [3.05, 3.63) is 52.9 Å². The molecule has 2 N–H and O–H groups in total. The van der Waals surface area contributed by atoms with Crippen molar-refractivity contribution >= 4 is 9.84 Å². The predicted molar refractivity (Wildman–Crippen MR) is 142 cm³/mol. The summed E-state index contributed by atoms with van der Waals surface area (Å²) < 4.78 is 36.7. The Balaban J connectivity index is 1.42. The van der Waals surface area contributed by atoms with Gasteiger partial charge in [-0.2, -0.15) is 0 Å². The number of nitrogens with one attached hydrogen (secondary N) is 2. The van der Waals surface area contributed by atoms with Crippen molar-refractivity contribution in [2.45, 2.75) is 81.5 Å². The molecule has 1 aromatic carbocycles. The highest BCUT2D eigenvalue weighted by atomic mass is 32.2. The highest BCUT2D eigenvalue weighted by Gasteiger charge is 2.56. The van der Waals surface area contributed by atoms with Crippen LogP contribution in [0.25, 0.3) is 0 Å². The molecule has 1 aromatic heterocycles. The van der Waals surface area contributed by atoms with E-state index in [1.807, 2.05) is 13.8 Å². The maximum atomic E-state index is 12.7. The number of aryl methyl sites for hydroxylation is 2. The van der Waals surface area contributed by atoms with Gasteiger partial charge in [-0.05, 0) is 57.4 Å². The van der Waals surface area contributed by atoms with Crippen molar-refractivity contribution in [3.8, 4) is 0 Å². The number of hydrogen-bond donors (Lipinski definition) is 2. The number of sulfone groups is 1. The molecule has 8 nitrogen and oxygen atoms in total. The molecule has 2 aromatic rings. The molecule has 7 atom stereocenters. The quantitative estimate of drug-likeness (QED) is 0.610. The van der Waals surface area contributed by atoms with Crippen molar-refractivity contribution in [3.63, 3.8) is 0 Å². The van der Waals surface area contributed by atoms with Crippen LogP contribution in [0.4, 0.5) is 0 Å². The second-order valence-electron chi connectivity index (χ2n) is 11.6. The molecule has 9 heteroatoms. The van der Waals surface area contributed by atoms with Gasteiger partial charge in [-0.1, -0.05) is 35.5 Å². The summed E-state index contributed by atoms with van der Waals surface area (Å²) in [5.41, 5.74) is 3.52. The summed E-state index contributed by atoms with van der Waals surface area (Å²) in [7, 11) is -3.19. The fourth-order valence-electron chi connectivity index (χ4n) is 7.85. The Kier molecular flexibility index (Phi) is 6.94. The fraction of sp³-hybridized carbons (Fsp3) is 0.679. The van der Waals surface area contributed by atoms with Crippen molar-refractivity contribution in [2.24, 2.45) is 11.8 Å². The third kappa shape index (κ3) is 4.67. The minimum atomic E-state index is -3.19. The first kappa shape index (κ1) is 25.5. The molecule has 0 amide bonds. The number of ether oxygens (including phenoxy) is 1. The molecule has 4 aliphatic rings. The second kappa shape index (κ2) is 10.1. The first-order valence-corrected chi connectivity index (χ1v) is 15.8. The number of fused-ring (bicyclic) bond motifs is 3. The topological polar surface area (TPSA) is 96.7 Å². The van der Waals surface area contributed by atoms with Crippen LogP contribution in [0.1, 0.15) is 66.6 Å². The van der Waals surface area contributed by atoms with Crippen molar-refractivity contribution in [1.29, 1.82) is 0 Å². The van der Waals surface area contributed by atoms with E-state index in [0.29, 0.717) is 30.2 Å². The van der Waals surface area contributed by atoms with Gasteiger partial charge in [-0.15, -0.1) is 0 Å². The summed E-state index contributed by atoms with van der Waals surface area (Å²) in [4.78, 5) is 2.69. The predicted octanol–water partition coefficient (Wildman–Crippen LogP) is 3.29. The van der Waals surface area contributed by atoms with Crippen LogP contribution in [0.15, 0.2) is 34.9 Å². The van der Waals surface area contributed by atoms with Gasteiger partial charge in [0.05, 0.1) is 11.9 Å². The van der Waals surface area contributed by atoms with Crippen molar-refractivity contribution in [2.75, 3.05) is 26.0 Å². The molecule has 0 spiro atoms. The average Bonchev–Trinajstić information content (AvgIpc) is 3.40. The van der Waals surface area contributed by atoms with Crippen LogP contribution in [-0.2, 0) is 14.6 Å². The van der Waals surface area contributed by atoms with E-state index in [4.69, 9.17) is 9.26 Å². The third-order valence-corrected chi connectivity index (χ3v) is 10.8. The van der Waals surface area contributed by atoms with E-state index in [1.165, 1.54) is 17.4 Å². The highest BCUT2D eigenvalue weighted by molar-refractivity contribution is 7.91. The maximum Gasteiger partial charge on any atom is 0.163 e. The van der Waals surface area contributed by atoms with Crippen LogP contribution < -0.4 is 10.6 Å². The molecule has 4 saturated heterocycles. The van der Waals surface area contributed by atoms with Gasteiger partial charge >= 0.3 is 0 Å². The maximum absolute atomic E-state index is 12.7. The average molecular weight is 529 g/mol. The Morgan fingerprint density at radius 1 is 1.08 bits per heavy atom. The van der Waals surface area contributed by atoms with Gasteiger partial charge in [-0.3, -0.25) is 10.2 Å². The minimum Gasteiger partial charge on any atom is -0.381 e. The van der Waals surface area contributed by atoms with Crippen LogP contribution in [-0.4, -0.2) is 68.1 Å². The van der Waals surface area contributed by atoms with E-state index in [1.54, 1.807) is 0 Å². The standard InChI is InChI=1S/C28H40N4O4S/c1-17-25(18(2)36-31-17)21-15-23-26(29-16-21)22-9-10-24(37(3,33)34)30-28(22)32(23)27(19-7-5-4-6-8-19)20-11-13-35-14-12-20/h4-8,20-24,26-30H,9-16H2,1-3H3/t21?,22?,23?,24?,26?,27-,28?/m1/s1. The lowest BCUT2D eigenvalue weighted by atomic mass is 9.80. The van der Waals surface area contributed by atoms with E-state index < -0.39 is 15.2 Å². The molecule has 4 fully saturated rings. The van der Waals surface area contributed by atoms with Crippen molar-refractivity contribution < 1.29 is 17.7 Å². The molecule has 0 saturated carbocycles. The van der Waals surface area contributed by atoms with Crippen LogP contribution in [0.2, 0.25) is 0 Å². The summed E-state index contributed by atoms with van der Waals surface area (Å²) in [6, 6.07) is 11.6. The largest absolute Gasteiger partial charge is 0.381 e. The summed E-state index contributed by atoms with van der Waals surface area (Å²) in [5, 5.41) is 11.4. The Labute approximate surface area is 220 Å². The Morgan fingerprint density at radius 2 is 1.84 bits per heavy atom. The monoisotopic (exact) mass is 528 g/mol. The molecule has 0 radical (unpaired) electrons. The highest BCUT2D eigenvalue weighted by Crippen LogP contribution is 2.49. The first-order valence-electron chi connectivity index (χ1n) is 13.8. The number of rotatable bonds is 5. The van der Waals surface area contributed by atoms with Gasteiger partial charge in [0.15, 0.2) is 9.84 Å². The van der Waals surface area contributed by atoms with Crippen LogP contribution >= 0.6 is 0 Å². The lowest BCUT2D eigenvalue weighted by molar-refractivity contribution is -0.00927. The molecule has 202 valence electrons. The van der Waals surface area contributed by atoms with E-state index in [-0.39, 0.29) is 18.2 Å². The van der Waals surface area contributed by atoms with E-state index >= 15 is 0 Å². The zero-order valence-electron chi connectivity index (χ0n) is 22.1. The SMILES string of the molecule is Cc1noc(C)c1C1CNC2C3CCC(S(C)(=O)=O)NC3N([C@H](c3ccccc3)C3CCOCC3)C2C1. The number of nitrogens with zero attached hydrogens (tertiary/aromatic N) is 2. The molecular weight excluding hydrogens is 488 g/mol. The summed E-state index contributed by atoms with van der Waals surface area (Å²) >= 11 is 0. The molecule has 6 rings (SSSR count). The van der Waals surface area contributed by atoms with E-state index in [2.05, 4.69) is 51.0 Å². The van der Waals surface area contributed by atoms with Crippen LogP contribution in [0, 0.1) is 25.7 Å². The fourth-order valence-corrected chi connectivity index (χ4v) is 8.80. The molecule has 5 heterocycles. The van der Waals surface area contributed by atoms with E-state index in [9.17, 15) is 8.42 Å². The summed E-state index contributed by atoms with van der Waals surface area (Å²) in [6.45, 7) is 6.51. The van der Waals surface area contributed by atoms with Crippen LogP contribution in [0.3, 0.4) is 0 Å². The van der Waals surface area contributed by atoms with Gasteiger partial charge in [0.1, 0.15) is 11.1 Å². The van der Waals surface area contributed by atoms with Gasteiger partial charge in [0, 0.05) is 61.5 Å². The van der Waals surface area contributed by atoms with Gasteiger partial charge in [0.2, 0.25) is 0 Å².